The van der Waals surface area contributed by atoms with Crippen LogP contribution in [0.25, 0.3) is 11.0 Å². The predicted octanol–water partition coefficient (Wildman–Crippen LogP) is 4.47. The molecule has 1 saturated heterocycles. The second kappa shape index (κ2) is 7.57. The van der Waals surface area contributed by atoms with Gasteiger partial charge in [0.1, 0.15) is 11.4 Å². The molecule has 2 heterocycles. The van der Waals surface area contributed by atoms with Crippen molar-refractivity contribution in [3.63, 3.8) is 0 Å². The minimum atomic E-state index is -3.22. The first-order valence-electron chi connectivity index (χ1n) is 9.18. The predicted molar refractivity (Wildman–Crippen MR) is 112 cm³/mol. The normalized spacial score (nSPS) is 18.2. The number of halogens is 2. The lowest BCUT2D eigenvalue weighted by Crippen LogP contribution is -2.41. The maximum absolute atomic E-state index is 14.3. The van der Waals surface area contributed by atoms with E-state index in [1.165, 1.54) is 11.0 Å². The molecule has 5 nitrogen and oxygen atoms in total. The Morgan fingerprint density at radius 3 is 2.72 bits per heavy atom. The molecule has 152 valence electrons. The number of fused-ring (bicyclic) bond motifs is 1. The molecule has 29 heavy (non-hydrogen) atoms. The van der Waals surface area contributed by atoms with Crippen molar-refractivity contribution in [1.82, 2.24) is 4.90 Å². The second-order valence-electron chi connectivity index (χ2n) is 7.28. The van der Waals surface area contributed by atoms with E-state index in [1.54, 1.807) is 31.2 Å². The number of sulfone groups is 1. The van der Waals surface area contributed by atoms with Gasteiger partial charge in [-0.1, -0.05) is 34.1 Å². The number of furan rings is 1. The van der Waals surface area contributed by atoms with E-state index in [4.69, 9.17) is 4.42 Å². The molecule has 0 unspecified atom stereocenters. The van der Waals surface area contributed by atoms with E-state index in [0.717, 1.165) is 9.86 Å². The third kappa shape index (κ3) is 3.96. The molecular formula is C21H19BrFNO4S. The van der Waals surface area contributed by atoms with Crippen molar-refractivity contribution in [2.45, 2.75) is 25.9 Å². The number of nitrogens with zero attached hydrogens (tertiary/aromatic N) is 1. The molecule has 1 aliphatic rings. The summed E-state index contributed by atoms with van der Waals surface area (Å²) in [6.07, 6.45) is 0.327. The number of hydrogen-bond acceptors (Lipinski definition) is 4. The van der Waals surface area contributed by atoms with Crippen LogP contribution in [0.3, 0.4) is 0 Å². The largest absolute Gasteiger partial charge is 0.451 e. The average molecular weight is 480 g/mol. The highest BCUT2D eigenvalue weighted by Gasteiger charge is 2.37. The van der Waals surface area contributed by atoms with E-state index in [2.05, 4.69) is 15.9 Å². The van der Waals surface area contributed by atoms with Gasteiger partial charge in [0.25, 0.3) is 5.91 Å². The number of carbonyl (C=O) groups excluding carboxylic acids is 1. The van der Waals surface area contributed by atoms with Crippen molar-refractivity contribution in [2.24, 2.45) is 0 Å². The molecular weight excluding hydrogens is 461 g/mol. The summed E-state index contributed by atoms with van der Waals surface area (Å²) in [6.45, 7) is 1.77. The van der Waals surface area contributed by atoms with Crippen LogP contribution < -0.4 is 0 Å². The standard InChI is InChI=1S/C21H19BrFNO4S/c1-13-17-7-6-15(22)10-19(17)28-20(13)21(25)24(16-8-9-29(26,27)12-16)11-14-4-2-3-5-18(14)23/h2-7,10,16H,8-9,11-12H2,1H3/t16-/m0/s1. The summed E-state index contributed by atoms with van der Waals surface area (Å²) in [6, 6.07) is 11.2. The van der Waals surface area contributed by atoms with Gasteiger partial charge in [0.15, 0.2) is 15.6 Å². The summed E-state index contributed by atoms with van der Waals surface area (Å²) in [7, 11) is -3.22. The zero-order valence-electron chi connectivity index (χ0n) is 15.7. The van der Waals surface area contributed by atoms with E-state index >= 15 is 0 Å². The van der Waals surface area contributed by atoms with E-state index in [-0.39, 0.29) is 23.8 Å². The number of hydrogen-bond donors (Lipinski definition) is 0. The fraction of sp³-hybridized carbons (Fsp3) is 0.286. The molecule has 1 amide bonds. The first-order chi connectivity index (χ1) is 13.7. The summed E-state index contributed by atoms with van der Waals surface area (Å²) in [4.78, 5) is 14.9. The number of aryl methyl sites for hydroxylation is 1. The highest BCUT2D eigenvalue weighted by molar-refractivity contribution is 9.10. The molecule has 1 fully saturated rings. The van der Waals surface area contributed by atoms with E-state index in [0.29, 0.717) is 23.1 Å². The van der Waals surface area contributed by atoms with Crippen molar-refractivity contribution in [3.8, 4) is 0 Å². The van der Waals surface area contributed by atoms with Gasteiger partial charge in [0.05, 0.1) is 11.5 Å². The summed E-state index contributed by atoms with van der Waals surface area (Å²) < 4.78 is 45.0. The molecule has 8 heteroatoms. The number of benzene rings is 2. The van der Waals surface area contributed by atoms with Crippen LogP contribution in [0.5, 0.6) is 0 Å². The maximum Gasteiger partial charge on any atom is 0.290 e. The Kier molecular flexibility index (Phi) is 5.25. The summed E-state index contributed by atoms with van der Waals surface area (Å²) >= 11 is 3.39. The summed E-state index contributed by atoms with van der Waals surface area (Å²) in [5.41, 5.74) is 1.57. The molecule has 0 aliphatic carbocycles. The van der Waals surface area contributed by atoms with Crippen molar-refractivity contribution >= 4 is 42.6 Å². The first-order valence-corrected chi connectivity index (χ1v) is 11.8. The van der Waals surface area contributed by atoms with Crippen LogP contribution in [-0.2, 0) is 16.4 Å². The highest BCUT2D eigenvalue weighted by Crippen LogP contribution is 2.31. The lowest BCUT2D eigenvalue weighted by atomic mass is 10.1. The van der Waals surface area contributed by atoms with Gasteiger partial charge in [-0.3, -0.25) is 4.79 Å². The molecule has 0 saturated carbocycles. The van der Waals surface area contributed by atoms with Gasteiger partial charge in [-0.2, -0.15) is 0 Å². The maximum atomic E-state index is 14.3. The third-order valence-corrected chi connectivity index (χ3v) is 7.55. The Labute approximate surface area is 176 Å². The van der Waals surface area contributed by atoms with Gasteiger partial charge in [0.2, 0.25) is 0 Å². The molecule has 0 spiro atoms. The monoisotopic (exact) mass is 479 g/mol. The molecule has 1 atom stereocenters. The smallest absolute Gasteiger partial charge is 0.290 e. The minimum Gasteiger partial charge on any atom is -0.451 e. The minimum absolute atomic E-state index is 0.0186. The van der Waals surface area contributed by atoms with Crippen molar-refractivity contribution in [1.29, 1.82) is 0 Å². The van der Waals surface area contributed by atoms with Crippen LogP contribution in [0, 0.1) is 12.7 Å². The van der Waals surface area contributed by atoms with Gasteiger partial charge in [-0.25, -0.2) is 12.8 Å². The van der Waals surface area contributed by atoms with Gasteiger partial charge >= 0.3 is 0 Å². The van der Waals surface area contributed by atoms with Gasteiger partial charge in [-0.15, -0.1) is 0 Å². The zero-order chi connectivity index (χ0) is 20.8. The average Bonchev–Trinajstić information content (AvgIpc) is 3.19. The SMILES string of the molecule is Cc1c(C(=O)N(Cc2ccccc2F)[C@H]2CCS(=O)(=O)C2)oc2cc(Br)ccc12. The van der Waals surface area contributed by atoms with Crippen molar-refractivity contribution in [2.75, 3.05) is 11.5 Å². The van der Waals surface area contributed by atoms with Crippen LogP contribution in [0.4, 0.5) is 4.39 Å². The van der Waals surface area contributed by atoms with Crippen LogP contribution >= 0.6 is 15.9 Å². The topological polar surface area (TPSA) is 67.6 Å². The van der Waals surface area contributed by atoms with Gasteiger partial charge in [0, 0.05) is 33.6 Å². The van der Waals surface area contributed by atoms with Crippen LogP contribution in [0.2, 0.25) is 0 Å². The first kappa shape index (κ1) is 20.1. The number of rotatable bonds is 4. The van der Waals surface area contributed by atoms with E-state index < -0.39 is 27.6 Å². The van der Waals surface area contributed by atoms with Crippen molar-refractivity contribution < 1.29 is 22.0 Å². The lowest BCUT2D eigenvalue weighted by molar-refractivity contribution is 0.0647. The molecule has 0 N–H and O–H groups in total. The molecule has 2 aromatic carbocycles. The number of carbonyl (C=O) groups is 1. The lowest BCUT2D eigenvalue weighted by Gasteiger charge is -2.28. The third-order valence-electron chi connectivity index (χ3n) is 5.30. The fourth-order valence-corrected chi connectivity index (χ4v) is 5.80. The molecule has 4 rings (SSSR count). The van der Waals surface area contributed by atoms with Gasteiger partial charge < -0.3 is 9.32 Å². The summed E-state index contributed by atoms with van der Waals surface area (Å²) in [5.74, 6) is -0.821. The summed E-state index contributed by atoms with van der Waals surface area (Å²) in [5, 5.41) is 0.807. The number of amides is 1. The van der Waals surface area contributed by atoms with Crippen LogP contribution in [0.1, 0.15) is 28.1 Å². The Balaban J connectivity index is 1.75. The second-order valence-corrected chi connectivity index (χ2v) is 10.4. The fourth-order valence-electron chi connectivity index (χ4n) is 3.73. The molecule has 0 bridgehead atoms. The van der Waals surface area contributed by atoms with E-state index in [1.807, 2.05) is 12.1 Å². The quantitative estimate of drug-likeness (QED) is 0.553. The molecule has 1 aliphatic heterocycles. The van der Waals surface area contributed by atoms with Gasteiger partial charge in [-0.05, 0) is 37.6 Å². The Bertz CT molecular complexity index is 1200. The van der Waals surface area contributed by atoms with Crippen molar-refractivity contribution in [3.05, 3.63) is 69.6 Å². The van der Waals surface area contributed by atoms with Crippen LogP contribution in [-0.4, -0.2) is 36.8 Å². The molecule has 0 radical (unpaired) electrons. The zero-order valence-corrected chi connectivity index (χ0v) is 18.1. The van der Waals surface area contributed by atoms with Crippen LogP contribution in [0.15, 0.2) is 51.4 Å². The van der Waals surface area contributed by atoms with E-state index in [9.17, 15) is 17.6 Å². The Morgan fingerprint density at radius 2 is 2.03 bits per heavy atom. The molecule has 3 aromatic rings. The Hall–Kier alpha value is -2.19. The highest BCUT2D eigenvalue weighted by atomic mass is 79.9. The molecule has 1 aromatic heterocycles. The Morgan fingerprint density at radius 1 is 1.28 bits per heavy atom.